The van der Waals surface area contributed by atoms with E-state index in [0.29, 0.717) is 19.1 Å². The van der Waals surface area contributed by atoms with Crippen molar-refractivity contribution in [2.24, 2.45) is 5.92 Å². The molecule has 0 spiro atoms. The van der Waals surface area contributed by atoms with Gasteiger partial charge in [0.1, 0.15) is 11.3 Å². The van der Waals surface area contributed by atoms with Crippen molar-refractivity contribution in [1.29, 1.82) is 0 Å². The highest BCUT2D eigenvalue weighted by Gasteiger charge is 2.29. The van der Waals surface area contributed by atoms with Crippen LogP contribution in [-0.2, 0) is 15.9 Å². The molecule has 0 bridgehead atoms. The number of hydrogen-bond acceptors (Lipinski definition) is 5. The predicted molar refractivity (Wildman–Crippen MR) is 124 cm³/mol. The van der Waals surface area contributed by atoms with E-state index >= 15 is 0 Å². The van der Waals surface area contributed by atoms with Crippen molar-refractivity contribution >= 4 is 28.6 Å². The van der Waals surface area contributed by atoms with Crippen LogP contribution >= 0.6 is 22.6 Å². The number of ether oxygens (including phenoxy) is 3. The molecule has 0 saturated carbocycles. The average Bonchev–Trinajstić information content (AvgIpc) is 2.70. The maximum Gasteiger partial charge on any atom is 0.343 e. The number of hydrogen-bond donors (Lipinski definition) is 0. The van der Waals surface area contributed by atoms with E-state index in [1.54, 1.807) is 26.3 Å². The number of nitrogens with zero attached hydrogens (tertiary/aromatic N) is 1. The second-order valence-corrected chi connectivity index (χ2v) is 8.88. The van der Waals surface area contributed by atoms with Gasteiger partial charge in [0.25, 0.3) is 0 Å². The Morgan fingerprint density at radius 2 is 2.03 bits per heavy atom. The van der Waals surface area contributed by atoms with Crippen molar-refractivity contribution < 1.29 is 19.0 Å². The van der Waals surface area contributed by atoms with Crippen molar-refractivity contribution in [2.75, 3.05) is 26.9 Å². The summed E-state index contributed by atoms with van der Waals surface area (Å²) in [6.07, 6.45) is 3.30. The summed E-state index contributed by atoms with van der Waals surface area (Å²) >= 11 is 2.26. The lowest BCUT2D eigenvalue weighted by atomic mass is 9.87. The van der Waals surface area contributed by atoms with Crippen LogP contribution in [0, 0.1) is 9.49 Å². The summed E-state index contributed by atoms with van der Waals surface area (Å²) in [6.45, 7) is 7.53. The van der Waals surface area contributed by atoms with Gasteiger partial charge in [-0.05, 0) is 59.5 Å². The zero-order chi connectivity index (χ0) is 21.8. The van der Waals surface area contributed by atoms with E-state index in [0.717, 1.165) is 39.0 Å². The van der Waals surface area contributed by atoms with E-state index in [2.05, 4.69) is 53.1 Å². The Morgan fingerprint density at radius 1 is 1.27 bits per heavy atom. The maximum absolute atomic E-state index is 12.7. The van der Waals surface area contributed by atoms with Crippen LogP contribution in [0.1, 0.15) is 49.2 Å². The molecule has 2 heterocycles. The molecule has 1 unspecified atom stereocenters. The summed E-state index contributed by atoms with van der Waals surface area (Å²) in [4.78, 5) is 25.0. The first-order valence-electron chi connectivity index (χ1n) is 10.2. The Bertz CT molecular complexity index is 982. The Hall–Kier alpha value is -1.87. The summed E-state index contributed by atoms with van der Waals surface area (Å²) in [6, 6.07) is 5.84. The number of pyridine rings is 1. The molecule has 0 radical (unpaired) electrons. The molecule has 1 aliphatic rings. The molecule has 0 N–H and O–H groups in total. The van der Waals surface area contributed by atoms with Crippen molar-refractivity contribution in [1.82, 2.24) is 4.57 Å². The van der Waals surface area contributed by atoms with Gasteiger partial charge < -0.3 is 18.8 Å². The smallest absolute Gasteiger partial charge is 0.343 e. The van der Waals surface area contributed by atoms with Gasteiger partial charge in [-0.25, -0.2) is 4.79 Å². The van der Waals surface area contributed by atoms with Crippen LogP contribution in [0.5, 0.6) is 5.75 Å². The van der Waals surface area contributed by atoms with E-state index in [1.165, 1.54) is 0 Å². The van der Waals surface area contributed by atoms with Crippen LogP contribution in [-0.4, -0.2) is 37.5 Å². The molecule has 30 heavy (non-hydrogen) atoms. The lowest BCUT2D eigenvalue weighted by molar-refractivity contribution is 0.0523. The van der Waals surface area contributed by atoms with Gasteiger partial charge >= 0.3 is 5.97 Å². The zero-order valence-electron chi connectivity index (χ0n) is 17.9. The number of esters is 1. The van der Waals surface area contributed by atoms with Gasteiger partial charge in [0.15, 0.2) is 5.43 Å². The third-order valence-electron chi connectivity index (χ3n) is 5.31. The number of halogens is 1. The van der Waals surface area contributed by atoms with E-state index in [1.807, 2.05) is 0 Å². The van der Waals surface area contributed by atoms with E-state index < -0.39 is 5.97 Å². The molecule has 1 aromatic heterocycles. The predicted octanol–water partition coefficient (Wildman–Crippen LogP) is 4.47. The first kappa shape index (κ1) is 22.8. The Labute approximate surface area is 190 Å². The molecule has 0 aliphatic carbocycles. The second kappa shape index (κ2) is 9.96. The van der Waals surface area contributed by atoms with Crippen molar-refractivity contribution in [3.63, 3.8) is 0 Å². The van der Waals surface area contributed by atoms with Crippen molar-refractivity contribution in [3.8, 4) is 17.0 Å². The molecule has 162 valence electrons. The standard InChI is InChI=1S/C23H28INO5/c1-5-29-23(27)17-13-25-19(14(2)3)9-15-10-22(30-8-6-7-28-4)18(24)11-16(15)20(25)12-21(17)26/h10-14,19H,5-9H2,1-4H3. The molecule has 6 nitrogen and oxygen atoms in total. The summed E-state index contributed by atoms with van der Waals surface area (Å²) in [7, 11) is 1.68. The Morgan fingerprint density at radius 3 is 2.70 bits per heavy atom. The number of fused-ring (bicyclic) bond motifs is 3. The fourth-order valence-electron chi connectivity index (χ4n) is 3.78. The van der Waals surface area contributed by atoms with Crippen LogP contribution in [0.2, 0.25) is 0 Å². The fourth-order valence-corrected chi connectivity index (χ4v) is 4.40. The highest BCUT2D eigenvalue weighted by Crippen LogP contribution is 2.40. The number of carbonyl (C=O) groups is 1. The third-order valence-corrected chi connectivity index (χ3v) is 6.16. The lowest BCUT2D eigenvalue weighted by Gasteiger charge is -2.33. The monoisotopic (exact) mass is 525 g/mol. The second-order valence-electron chi connectivity index (χ2n) is 7.71. The van der Waals surface area contributed by atoms with Crippen LogP contribution < -0.4 is 10.2 Å². The largest absolute Gasteiger partial charge is 0.492 e. The number of carbonyl (C=O) groups excluding carboxylic acids is 1. The summed E-state index contributed by atoms with van der Waals surface area (Å²) in [5.74, 6) is 0.604. The molecule has 7 heteroatoms. The van der Waals surface area contributed by atoms with E-state index in [-0.39, 0.29) is 23.6 Å². The number of rotatable bonds is 8. The molecule has 0 saturated heterocycles. The average molecular weight is 525 g/mol. The first-order chi connectivity index (χ1) is 14.4. The molecule has 1 aliphatic heterocycles. The van der Waals surface area contributed by atoms with Gasteiger partial charge in [-0.1, -0.05) is 13.8 Å². The van der Waals surface area contributed by atoms with Crippen LogP contribution in [0.3, 0.4) is 0 Å². The highest BCUT2D eigenvalue weighted by atomic mass is 127. The van der Waals surface area contributed by atoms with E-state index in [9.17, 15) is 9.59 Å². The van der Waals surface area contributed by atoms with Gasteiger partial charge in [-0.3, -0.25) is 4.79 Å². The van der Waals surface area contributed by atoms with Crippen LogP contribution in [0.25, 0.3) is 11.3 Å². The SMILES string of the molecule is CCOC(=O)c1cn2c(cc1=O)-c1cc(I)c(OCCCOC)cc1CC2C(C)C. The minimum Gasteiger partial charge on any atom is -0.492 e. The summed E-state index contributed by atoms with van der Waals surface area (Å²) < 4.78 is 19.2. The minimum absolute atomic E-state index is 0.0856. The molecule has 3 rings (SSSR count). The summed E-state index contributed by atoms with van der Waals surface area (Å²) in [5, 5.41) is 0. The maximum atomic E-state index is 12.7. The van der Waals surface area contributed by atoms with Crippen LogP contribution in [0.4, 0.5) is 0 Å². The quantitative estimate of drug-likeness (QED) is 0.289. The van der Waals surface area contributed by atoms with Gasteiger partial charge in [0.2, 0.25) is 0 Å². The molecular formula is C23H28INO5. The third kappa shape index (κ3) is 4.72. The van der Waals surface area contributed by atoms with Gasteiger partial charge in [-0.15, -0.1) is 0 Å². The number of methoxy groups -OCH3 is 1. The molecular weight excluding hydrogens is 497 g/mol. The zero-order valence-corrected chi connectivity index (χ0v) is 20.0. The van der Waals surface area contributed by atoms with Crippen molar-refractivity contribution in [2.45, 2.75) is 39.7 Å². The number of benzene rings is 1. The number of aromatic nitrogens is 1. The topological polar surface area (TPSA) is 66.8 Å². The van der Waals surface area contributed by atoms with Gasteiger partial charge in [-0.2, -0.15) is 0 Å². The van der Waals surface area contributed by atoms with Gasteiger partial charge in [0, 0.05) is 44.0 Å². The molecule has 0 amide bonds. The highest BCUT2D eigenvalue weighted by molar-refractivity contribution is 14.1. The van der Waals surface area contributed by atoms with Gasteiger partial charge in [0.05, 0.1) is 22.5 Å². The lowest BCUT2D eigenvalue weighted by Crippen LogP contribution is -2.28. The Balaban J connectivity index is 2.05. The first-order valence-corrected chi connectivity index (χ1v) is 11.3. The van der Waals surface area contributed by atoms with Crippen molar-refractivity contribution in [3.05, 3.63) is 49.3 Å². The molecule has 1 aromatic carbocycles. The minimum atomic E-state index is -0.569. The molecule has 2 aromatic rings. The normalized spacial score (nSPS) is 14.9. The van der Waals surface area contributed by atoms with E-state index in [4.69, 9.17) is 14.2 Å². The van der Waals surface area contributed by atoms with Crippen LogP contribution in [0.15, 0.2) is 29.2 Å². The fraction of sp³-hybridized carbons (Fsp3) is 0.478. The molecule has 1 atom stereocenters. The summed E-state index contributed by atoms with van der Waals surface area (Å²) in [5.41, 5.74) is 2.76. The molecule has 0 fully saturated rings. The Kier molecular flexibility index (Phi) is 7.57.